The molecule has 2 aromatic rings. The van der Waals surface area contributed by atoms with E-state index in [0.29, 0.717) is 19.1 Å². The monoisotopic (exact) mass is 347 g/mol. The number of hydrazone groups is 1. The minimum Gasteiger partial charge on any atom is -0.290 e. The lowest BCUT2D eigenvalue weighted by molar-refractivity contribution is -0.132. The molecular weight excluding hydrogens is 322 g/mol. The fourth-order valence-electron chi connectivity index (χ4n) is 4.06. The number of carbonyl (C=O) groups is 1. The van der Waals surface area contributed by atoms with E-state index in [1.54, 1.807) is 5.01 Å². The summed E-state index contributed by atoms with van der Waals surface area (Å²) in [4.78, 5) is 15.0. The van der Waals surface area contributed by atoms with Gasteiger partial charge in [0.1, 0.15) is 0 Å². The van der Waals surface area contributed by atoms with Gasteiger partial charge in [-0.05, 0) is 43.0 Å². The lowest BCUT2D eigenvalue weighted by Crippen LogP contribution is -2.38. The van der Waals surface area contributed by atoms with Gasteiger partial charge in [0.15, 0.2) is 0 Å². The van der Waals surface area contributed by atoms with Gasteiger partial charge in [-0.2, -0.15) is 5.10 Å². The number of carbonyl (C=O) groups excluding carboxylic acids is 1. The Morgan fingerprint density at radius 2 is 1.88 bits per heavy atom. The molecule has 0 saturated heterocycles. The molecule has 26 heavy (non-hydrogen) atoms. The summed E-state index contributed by atoms with van der Waals surface area (Å²) in [5.74, 6) is 0.0847. The van der Waals surface area contributed by atoms with Gasteiger partial charge >= 0.3 is 0 Å². The first-order valence-corrected chi connectivity index (χ1v) is 9.43. The highest BCUT2D eigenvalue weighted by molar-refractivity contribution is 6.02. The van der Waals surface area contributed by atoms with E-state index in [0.717, 1.165) is 30.5 Å². The van der Waals surface area contributed by atoms with Crippen molar-refractivity contribution in [2.24, 2.45) is 5.10 Å². The predicted octanol–water partition coefficient (Wildman–Crippen LogP) is 3.63. The Morgan fingerprint density at radius 1 is 1.12 bits per heavy atom. The Morgan fingerprint density at radius 3 is 2.73 bits per heavy atom. The van der Waals surface area contributed by atoms with Crippen LogP contribution in [0, 0.1) is 0 Å². The third-order valence-electron chi connectivity index (χ3n) is 5.45. The number of fused-ring (bicyclic) bond motifs is 1. The smallest absolute Gasteiger partial charge is 0.256 e. The van der Waals surface area contributed by atoms with Crippen molar-refractivity contribution >= 4 is 11.6 Å². The van der Waals surface area contributed by atoms with Crippen molar-refractivity contribution in [3.05, 3.63) is 71.3 Å². The maximum Gasteiger partial charge on any atom is 0.256 e. The highest BCUT2D eigenvalue weighted by Gasteiger charge is 2.27. The zero-order valence-electron chi connectivity index (χ0n) is 15.3. The molecule has 1 amide bonds. The zero-order valence-corrected chi connectivity index (χ0v) is 15.3. The maximum absolute atomic E-state index is 12.8. The van der Waals surface area contributed by atoms with Crippen LogP contribution in [-0.2, 0) is 11.2 Å². The molecule has 1 heterocycles. The van der Waals surface area contributed by atoms with E-state index in [4.69, 9.17) is 0 Å². The number of amides is 1. The average Bonchev–Trinajstić information content (AvgIpc) is 3.18. The first kappa shape index (κ1) is 17.0. The van der Waals surface area contributed by atoms with Crippen LogP contribution >= 0.6 is 0 Å². The molecule has 1 atom stereocenters. The van der Waals surface area contributed by atoms with Crippen LogP contribution < -0.4 is 0 Å². The molecule has 0 saturated carbocycles. The first-order chi connectivity index (χ1) is 12.7. The van der Waals surface area contributed by atoms with Crippen molar-refractivity contribution in [1.82, 2.24) is 9.91 Å². The van der Waals surface area contributed by atoms with Crippen molar-refractivity contribution in [1.29, 1.82) is 0 Å². The highest BCUT2D eigenvalue weighted by Crippen LogP contribution is 2.33. The third kappa shape index (κ3) is 3.42. The lowest BCUT2D eigenvalue weighted by atomic mass is 9.87. The van der Waals surface area contributed by atoms with Crippen molar-refractivity contribution in [3.8, 4) is 0 Å². The van der Waals surface area contributed by atoms with Crippen molar-refractivity contribution < 1.29 is 4.79 Å². The molecule has 0 bridgehead atoms. The molecule has 0 aromatic heterocycles. The molecule has 0 N–H and O–H groups in total. The van der Waals surface area contributed by atoms with Crippen LogP contribution in [-0.4, -0.2) is 41.7 Å². The number of nitrogens with zero attached hydrogens (tertiary/aromatic N) is 3. The van der Waals surface area contributed by atoms with Crippen molar-refractivity contribution in [2.45, 2.75) is 31.7 Å². The zero-order chi connectivity index (χ0) is 17.9. The average molecular weight is 347 g/mol. The van der Waals surface area contributed by atoms with Crippen LogP contribution in [0.2, 0.25) is 0 Å². The van der Waals surface area contributed by atoms with Crippen LogP contribution in [0.5, 0.6) is 0 Å². The second-order valence-corrected chi connectivity index (χ2v) is 7.20. The van der Waals surface area contributed by atoms with Gasteiger partial charge < -0.3 is 0 Å². The number of hydrogen-bond donors (Lipinski definition) is 0. The normalized spacial score (nSPS) is 19.4. The molecule has 4 heteroatoms. The lowest BCUT2D eigenvalue weighted by Gasteiger charge is -2.33. The molecular formula is C22H25N3O. The van der Waals surface area contributed by atoms with E-state index in [1.807, 2.05) is 18.2 Å². The first-order valence-electron chi connectivity index (χ1n) is 9.43. The van der Waals surface area contributed by atoms with Gasteiger partial charge in [0, 0.05) is 12.5 Å². The summed E-state index contributed by atoms with van der Waals surface area (Å²) in [5, 5.41) is 6.22. The summed E-state index contributed by atoms with van der Waals surface area (Å²) in [5.41, 5.74) is 4.92. The predicted molar refractivity (Wildman–Crippen MR) is 104 cm³/mol. The van der Waals surface area contributed by atoms with Gasteiger partial charge in [-0.15, -0.1) is 0 Å². The van der Waals surface area contributed by atoms with Gasteiger partial charge in [-0.25, -0.2) is 5.01 Å². The topological polar surface area (TPSA) is 35.9 Å². The highest BCUT2D eigenvalue weighted by atomic mass is 16.2. The Hall–Kier alpha value is -2.46. The van der Waals surface area contributed by atoms with E-state index < -0.39 is 0 Å². The summed E-state index contributed by atoms with van der Waals surface area (Å²) in [6, 6.07) is 19.1. The molecule has 2 aliphatic rings. The molecule has 1 aliphatic heterocycles. The summed E-state index contributed by atoms with van der Waals surface area (Å²) in [7, 11) is 2.06. The third-order valence-corrected chi connectivity index (χ3v) is 5.45. The van der Waals surface area contributed by atoms with E-state index >= 15 is 0 Å². The van der Waals surface area contributed by atoms with Crippen LogP contribution in [0.25, 0.3) is 0 Å². The largest absolute Gasteiger partial charge is 0.290 e. The van der Waals surface area contributed by atoms with E-state index in [9.17, 15) is 4.79 Å². The van der Waals surface area contributed by atoms with Gasteiger partial charge in [-0.3, -0.25) is 9.69 Å². The van der Waals surface area contributed by atoms with Crippen LogP contribution in [0.15, 0.2) is 59.7 Å². The Balaban J connectivity index is 1.43. The molecule has 1 unspecified atom stereocenters. The minimum absolute atomic E-state index is 0.0847. The fourth-order valence-corrected chi connectivity index (χ4v) is 4.06. The maximum atomic E-state index is 12.8. The fraction of sp³-hybridized carbons (Fsp3) is 0.364. The molecule has 0 spiro atoms. The van der Waals surface area contributed by atoms with E-state index in [1.165, 1.54) is 17.5 Å². The minimum atomic E-state index is 0.0847. The number of rotatable bonds is 4. The molecule has 0 radical (unpaired) electrons. The summed E-state index contributed by atoms with van der Waals surface area (Å²) < 4.78 is 0. The second kappa shape index (κ2) is 7.42. The van der Waals surface area contributed by atoms with Gasteiger partial charge in [0.2, 0.25) is 0 Å². The number of benzene rings is 2. The van der Waals surface area contributed by atoms with Gasteiger partial charge in [0.25, 0.3) is 5.91 Å². The van der Waals surface area contributed by atoms with E-state index in [-0.39, 0.29) is 5.91 Å². The number of hydrogen-bond acceptors (Lipinski definition) is 3. The Kier molecular flexibility index (Phi) is 4.85. The Bertz CT molecular complexity index is 815. The summed E-state index contributed by atoms with van der Waals surface area (Å²) in [6.45, 7) is 1.09. The van der Waals surface area contributed by atoms with E-state index in [2.05, 4.69) is 53.4 Å². The summed E-state index contributed by atoms with van der Waals surface area (Å²) >= 11 is 0. The van der Waals surface area contributed by atoms with Crippen LogP contribution in [0.4, 0.5) is 0 Å². The second-order valence-electron chi connectivity index (χ2n) is 7.20. The quantitative estimate of drug-likeness (QED) is 0.847. The molecule has 1 aliphatic carbocycles. The Labute approximate surface area is 155 Å². The molecule has 2 aromatic carbocycles. The molecule has 134 valence electrons. The van der Waals surface area contributed by atoms with Gasteiger partial charge in [-0.1, -0.05) is 54.6 Å². The van der Waals surface area contributed by atoms with Crippen molar-refractivity contribution in [3.63, 3.8) is 0 Å². The summed E-state index contributed by atoms with van der Waals surface area (Å²) in [6.07, 6.45) is 4.26. The number of likely N-dealkylation sites (N-methyl/N-ethyl adjacent to an activating group) is 1. The molecule has 4 nitrogen and oxygen atoms in total. The number of aryl methyl sites for hydroxylation is 1. The molecule has 4 rings (SSSR count). The molecule has 0 fully saturated rings. The standard InChI is InChI=1S/C22H25N3O/c1-24(21-13-7-11-17-8-5-6-12-19(17)21)16-22(26)25-15-14-20(23-25)18-9-3-2-4-10-18/h2-6,8-10,12,21H,7,11,13-16H2,1H3. The van der Waals surface area contributed by atoms with Crippen molar-refractivity contribution in [2.75, 3.05) is 20.1 Å². The van der Waals surface area contributed by atoms with Crippen LogP contribution in [0.1, 0.15) is 42.0 Å². The SMILES string of the molecule is CN(CC(=O)N1CCC(c2ccccc2)=N1)C1CCCc2ccccc21. The van der Waals surface area contributed by atoms with Gasteiger partial charge in [0.05, 0.1) is 18.8 Å². The van der Waals surface area contributed by atoms with Crippen LogP contribution in [0.3, 0.4) is 0 Å².